The monoisotopic (exact) mass is 939 g/mol. The van der Waals surface area contributed by atoms with Crippen LogP contribution in [0, 0.1) is 11.8 Å². The Kier molecular flexibility index (Phi) is 25.1. The standard InChI is InChI=1S/C16H17N3O2S.C13H16NO3P.C8H14N2O2.C6H12O.C4H10.C2H6/c1-9(2)17-16-19-14(8-22-16)13-7-15(20)11-5-4-10(21-3)6-12(11)18-13;1-2-12-8-13(12,14-10-15)18(16,17)9-11-6-4-3-5-7-11;1-7-3-2-4-10(7)8(12)5-9-6-11;1-7-6-4-2-3-5-6;1-4(2)3;1-2/h4-9H,1-3H3,(H,17,19)(H,18,20);2-7,10,12H,1,8-9H2,(H,14,15)(H,16,17);6-7H,2-5H2,1H3,(H,9,11);6H,2-5H2,1H3;4H,1-3H3;1-2H3/t;12?,13-;;;;/m.0..../s1. The molecule has 3 fully saturated rings. The van der Waals surface area contributed by atoms with Gasteiger partial charge in [-0.2, -0.15) is 0 Å². The maximum Gasteiger partial charge on any atom is 0.242 e. The number of nitrogens with one attached hydrogen (secondary N) is 4. The van der Waals surface area contributed by atoms with E-state index in [1.54, 1.807) is 38.5 Å². The van der Waals surface area contributed by atoms with Gasteiger partial charge in [-0.05, 0) is 76.5 Å². The number of H-pyrrole nitrogens is 1. The molecule has 1 saturated heterocycles. The lowest BCUT2D eigenvalue weighted by atomic mass is 10.1. The van der Waals surface area contributed by atoms with Crippen LogP contribution in [0.4, 0.5) is 5.13 Å². The molecule has 0 radical (unpaired) electrons. The number of anilines is 1. The highest BCUT2D eigenvalue weighted by atomic mass is 32.1. The normalized spacial score (nSPS) is 19.1. The van der Waals surface area contributed by atoms with Gasteiger partial charge in [0.05, 0.1) is 42.8 Å². The van der Waals surface area contributed by atoms with E-state index < -0.39 is 12.6 Å². The summed E-state index contributed by atoms with van der Waals surface area (Å²) in [7, 11) is -0.103. The number of aromatic nitrogens is 2. The van der Waals surface area contributed by atoms with Crippen molar-refractivity contribution in [2.45, 2.75) is 130 Å². The molecule has 0 spiro atoms. The number of aromatic amines is 1. The van der Waals surface area contributed by atoms with Gasteiger partial charge in [0, 0.05) is 54.6 Å². The number of pyridine rings is 1. The first-order valence-electron chi connectivity index (χ1n) is 22.7. The first-order chi connectivity index (χ1) is 31.0. The Balaban J connectivity index is 0.000000302. The SMILES string of the molecule is C=CC1C[C@]1(NC=O)P(=O)(O)Cc1ccccc1.CC.CC(C)C.CC1CCCN1C(=O)CNC=O.COC1CCCC1.COc1ccc2c(=O)cc(-c3csc(NC(C)C)n3)[nH]c2c1. The third-order valence-corrected chi connectivity index (χ3v) is 14.0. The van der Waals surface area contributed by atoms with E-state index in [-0.39, 0.29) is 30.0 Å². The van der Waals surface area contributed by atoms with Gasteiger partial charge in [-0.15, -0.1) is 17.9 Å². The van der Waals surface area contributed by atoms with Crippen molar-refractivity contribution in [3.63, 3.8) is 0 Å². The minimum atomic E-state index is -3.51. The molecule has 4 aromatic rings. The van der Waals surface area contributed by atoms with E-state index in [0.717, 1.165) is 47.2 Å². The molecule has 360 valence electrons. The van der Waals surface area contributed by atoms with Gasteiger partial charge in [0.15, 0.2) is 10.6 Å². The summed E-state index contributed by atoms with van der Waals surface area (Å²) in [5.41, 5.74) is 2.98. The van der Waals surface area contributed by atoms with E-state index in [9.17, 15) is 28.6 Å². The lowest BCUT2D eigenvalue weighted by molar-refractivity contribution is -0.131. The summed E-state index contributed by atoms with van der Waals surface area (Å²) in [5.74, 6) is 1.44. The van der Waals surface area contributed by atoms with E-state index in [2.05, 4.69) is 67.1 Å². The summed E-state index contributed by atoms with van der Waals surface area (Å²) in [5, 5.41) is 10.6. The van der Waals surface area contributed by atoms with Crippen LogP contribution in [0.1, 0.15) is 106 Å². The van der Waals surface area contributed by atoms with Crippen LogP contribution in [0.3, 0.4) is 0 Å². The van der Waals surface area contributed by atoms with Crippen molar-refractivity contribution in [3.8, 4) is 17.1 Å². The molecule has 16 heteroatoms. The van der Waals surface area contributed by atoms with Crippen LogP contribution < -0.4 is 26.1 Å². The number of rotatable bonds is 14. The van der Waals surface area contributed by atoms with Gasteiger partial charge in [-0.3, -0.25) is 23.7 Å². The Morgan fingerprint density at radius 2 is 1.69 bits per heavy atom. The molecule has 3 heterocycles. The highest BCUT2D eigenvalue weighted by Crippen LogP contribution is 2.70. The Morgan fingerprint density at radius 3 is 2.20 bits per heavy atom. The van der Waals surface area contributed by atoms with Gasteiger partial charge in [-0.1, -0.05) is 83.9 Å². The van der Waals surface area contributed by atoms with Crippen molar-refractivity contribution >= 4 is 53.5 Å². The number of methoxy groups -OCH3 is 2. The average molecular weight is 939 g/mol. The predicted molar refractivity (Wildman–Crippen MR) is 267 cm³/mol. The molecule has 14 nitrogen and oxygen atoms in total. The van der Waals surface area contributed by atoms with Crippen LogP contribution in [0.15, 0.2) is 77.4 Å². The van der Waals surface area contributed by atoms with Gasteiger partial charge >= 0.3 is 0 Å². The zero-order valence-corrected chi connectivity index (χ0v) is 41.9. The summed E-state index contributed by atoms with van der Waals surface area (Å²) in [6.45, 7) is 21.3. The fourth-order valence-corrected chi connectivity index (χ4v) is 10.4. The van der Waals surface area contributed by atoms with Crippen LogP contribution in [0.2, 0.25) is 0 Å². The fourth-order valence-electron chi connectivity index (χ4n) is 7.16. The van der Waals surface area contributed by atoms with Crippen LogP contribution >= 0.6 is 18.7 Å². The zero-order valence-electron chi connectivity index (χ0n) is 40.2. The number of nitrogens with zero attached hydrogens (tertiary/aromatic N) is 2. The van der Waals surface area contributed by atoms with E-state index >= 15 is 0 Å². The van der Waals surface area contributed by atoms with E-state index in [0.29, 0.717) is 54.3 Å². The van der Waals surface area contributed by atoms with Crippen LogP contribution in [-0.2, 0) is 29.8 Å². The van der Waals surface area contributed by atoms with Gasteiger partial charge in [0.2, 0.25) is 26.1 Å². The Bertz CT molecular complexity index is 2140. The number of fused-ring (bicyclic) bond motifs is 1. The van der Waals surface area contributed by atoms with Crippen LogP contribution in [-0.4, -0.2) is 89.3 Å². The topological polar surface area (TPSA) is 192 Å². The number of thiazole rings is 1. The average Bonchev–Trinajstić information content (AvgIpc) is 3.70. The van der Waals surface area contributed by atoms with Crippen molar-refractivity contribution in [1.82, 2.24) is 25.5 Å². The highest BCUT2D eigenvalue weighted by molar-refractivity contribution is 7.59. The molecule has 3 amide bonds. The van der Waals surface area contributed by atoms with E-state index in [4.69, 9.17) is 9.47 Å². The van der Waals surface area contributed by atoms with Crippen molar-refractivity contribution in [2.24, 2.45) is 11.8 Å². The molecule has 2 saturated carbocycles. The summed E-state index contributed by atoms with van der Waals surface area (Å²) in [6, 6.07) is 16.7. The number of hydrogen-bond donors (Lipinski definition) is 5. The number of ether oxygens (including phenoxy) is 2. The molecule has 5 N–H and O–H groups in total. The Morgan fingerprint density at radius 1 is 1.03 bits per heavy atom. The van der Waals surface area contributed by atoms with Crippen molar-refractivity contribution in [1.29, 1.82) is 0 Å². The summed E-state index contributed by atoms with van der Waals surface area (Å²) in [4.78, 5) is 64.0. The molecule has 2 aromatic carbocycles. The van der Waals surface area contributed by atoms with Crippen molar-refractivity contribution in [2.75, 3.05) is 32.6 Å². The molecule has 1 aliphatic heterocycles. The highest BCUT2D eigenvalue weighted by Gasteiger charge is 2.64. The van der Waals surface area contributed by atoms with Crippen LogP contribution in [0.25, 0.3) is 22.3 Å². The van der Waals surface area contributed by atoms with E-state index in [1.165, 1.54) is 37.0 Å². The second-order valence-corrected chi connectivity index (χ2v) is 20.2. The molecule has 4 atom stereocenters. The minimum Gasteiger partial charge on any atom is -0.497 e. The third-order valence-electron chi connectivity index (χ3n) is 10.5. The van der Waals surface area contributed by atoms with Gasteiger partial charge < -0.3 is 40.2 Å². The Hall–Kier alpha value is -4.82. The minimum absolute atomic E-state index is 0.0205. The predicted octanol–water partition coefficient (Wildman–Crippen LogP) is 9.59. The Labute approximate surface area is 390 Å². The quantitative estimate of drug-likeness (QED) is 0.0462. The molecule has 7 rings (SSSR count). The maximum absolute atomic E-state index is 12.5. The molecular weight excluding hydrogens is 864 g/mol. The lowest BCUT2D eigenvalue weighted by Crippen LogP contribution is -2.39. The first-order valence-corrected chi connectivity index (χ1v) is 25.4. The molecule has 3 unspecified atom stereocenters. The second kappa shape index (κ2) is 29.0. The molecule has 65 heavy (non-hydrogen) atoms. The molecule has 3 aliphatic rings. The first kappa shape index (κ1) is 56.3. The van der Waals surface area contributed by atoms with Gasteiger partial charge in [-0.25, -0.2) is 4.98 Å². The third kappa shape index (κ3) is 18.2. The number of amides is 3. The lowest BCUT2D eigenvalue weighted by Gasteiger charge is -2.23. The summed E-state index contributed by atoms with van der Waals surface area (Å²) >= 11 is 1.52. The van der Waals surface area contributed by atoms with Crippen molar-refractivity contribution in [3.05, 3.63) is 88.4 Å². The number of likely N-dealkylation sites (tertiary alicyclic amines) is 1. The molecular formula is C49H75N6O8PS. The molecule has 2 aromatic heterocycles. The molecule has 0 bridgehead atoms. The van der Waals surface area contributed by atoms with E-state index in [1.807, 2.05) is 67.4 Å². The zero-order chi connectivity index (χ0) is 48.6. The summed E-state index contributed by atoms with van der Waals surface area (Å²) in [6.07, 6.45) is 11.3. The van der Waals surface area contributed by atoms with Crippen LogP contribution in [0.5, 0.6) is 5.75 Å². The van der Waals surface area contributed by atoms with Gasteiger partial charge in [0.25, 0.3) is 0 Å². The largest absolute Gasteiger partial charge is 0.497 e. The number of hydrogen-bond acceptors (Lipinski definition) is 10. The van der Waals surface area contributed by atoms with Crippen molar-refractivity contribution < 1.29 is 33.3 Å². The second-order valence-electron chi connectivity index (χ2n) is 16.8. The molecule has 2 aliphatic carbocycles. The number of carbonyl (C=O) groups is 3. The smallest absolute Gasteiger partial charge is 0.242 e. The number of carbonyl (C=O) groups excluding carboxylic acids is 3. The maximum atomic E-state index is 12.5. The number of benzene rings is 2. The van der Waals surface area contributed by atoms with Gasteiger partial charge in [0.1, 0.15) is 11.0 Å². The fraction of sp³-hybridized carbons (Fsp3) is 0.531. The summed E-state index contributed by atoms with van der Waals surface area (Å²) < 4.78 is 22.8.